The molecule has 44 heavy (non-hydrogen) atoms. The molecule has 0 saturated heterocycles. The monoisotopic (exact) mass is 565 g/mol. The quantitative estimate of drug-likeness (QED) is 0.199. The zero-order valence-electron chi connectivity index (χ0n) is 24.4. The van der Waals surface area contributed by atoms with Crippen LogP contribution in [-0.2, 0) is 0 Å². The van der Waals surface area contributed by atoms with Crippen LogP contribution in [0.4, 0.5) is 17.1 Å². The van der Waals surface area contributed by atoms with Crippen LogP contribution in [0.25, 0.3) is 49.8 Å². The topological polar surface area (TPSA) is 16.4 Å². The van der Waals surface area contributed by atoms with Crippen LogP contribution in [0.3, 0.4) is 0 Å². The van der Waals surface area contributed by atoms with Gasteiger partial charge in [-0.15, -0.1) is 0 Å². The summed E-state index contributed by atoms with van der Waals surface area (Å²) in [5.41, 5.74) is 12.5. The molecule has 1 aromatic heterocycles. The van der Waals surface area contributed by atoms with Gasteiger partial charge in [-0.05, 0) is 89.2 Å². The van der Waals surface area contributed by atoms with Crippen molar-refractivity contribution in [1.29, 1.82) is 0 Å². The second kappa shape index (κ2) is 11.2. The van der Waals surface area contributed by atoms with E-state index in [2.05, 4.69) is 157 Å². The first-order chi connectivity index (χ1) is 21.8. The second-order valence-corrected chi connectivity index (χ2v) is 11.3. The number of nitrogens with zero attached hydrogens (tertiary/aromatic N) is 1. The molecule has 0 atom stereocenters. The molecule has 2 heteroatoms. The number of hydrogen-bond donors (Lipinski definition) is 0. The highest BCUT2D eigenvalue weighted by Gasteiger charge is 2.19. The van der Waals surface area contributed by atoms with E-state index in [1.54, 1.807) is 0 Å². The number of fused-ring (bicyclic) bond motifs is 3. The van der Waals surface area contributed by atoms with Crippen molar-refractivity contribution < 1.29 is 4.42 Å². The Balaban J connectivity index is 1.29. The largest absolute Gasteiger partial charge is 0.456 e. The minimum absolute atomic E-state index is 0.905. The number of para-hydroxylation sites is 2. The molecule has 0 unspecified atom stereocenters. The summed E-state index contributed by atoms with van der Waals surface area (Å²) in [5.74, 6) is 0. The van der Waals surface area contributed by atoms with Gasteiger partial charge < -0.3 is 9.32 Å². The molecule has 0 N–H and O–H groups in total. The fourth-order valence-corrected chi connectivity index (χ4v) is 6.38. The summed E-state index contributed by atoms with van der Waals surface area (Å²) in [7, 11) is 0. The molecule has 0 spiro atoms. The molecule has 210 valence electrons. The van der Waals surface area contributed by atoms with E-state index in [0.29, 0.717) is 0 Å². The van der Waals surface area contributed by atoms with Crippen LogP contribution >= 0.6 is 0 Å². The first kappa shape index (κ1) is 26.1. The minimum Gasteiger partial charge on any atom is -0.456 e. The normalized spacial score (nSPS) is 12.9. The highest BCUT2D eigenvalue weighted by molar-refractivity contribution is 6.06. The van der Waals surface area contributed by atoms with Gasteiger partial charge in [0.2, 0.25) is 0 Å². The average molecular weight is 566 g/mol. The van der Waals surface area contributed by atoms with Crippen LogP contribution in [0.15, 0.2) is 168 Å². The summed E-state index contributed by atoms with van der Waals surface area (Å²) in [6.45, 7) is 0. The predicted molar refractivity (Wildman–Crippen MR) is 186 cm³/mol. The molecule has 2 nitrogen and oxygen atoms in total. The molecule has 1 aliphatic rings. The highest BCUT2D eigenvalue weighted by atomic mass is 16.3. The Morgan fingerprint density at radius 2 is 1.18 bits per heavy atom. The summed E-state index contributed by atoms with van der Waals surface area (Å²) in [6.07, 6.45) is 8.80. The van der Waals surface area contributed by atoms with Crippen LogP contribution in [0.1, 0.15) is 18.4 Å². The second-order valence-electron chi connectivity index (χ2n) is 11.3. The molecule has 7 aromatic rings. The van der Waals surface area contributed by atoms with Crippen LogP contribution in [0.2, 0.25) is 0 Å². The lowest BCUT2D eigenvalue weighted by Crippen LogP contribution is -2.11. The van der Waals surface area contributed by atoms with Crippen molar-refractivity contribution in [3.63, 3.8) is 0 Å². The third-order valence-corrected chi connectivity index (χ3v) is 8.54. The van der Waals surface area contributed by atoms with Crippen molar-refractivity contribution in [3.8, 4) is 22.3 Å². The van der Waals surface area contributed by atoms with E-state index < -0.39 is 0 Å². The zero-order chi connectivity index (χ0) is 29.3. The maximum absolute atomic E-state index is 6.25. The van der Waals surface area contributed by atoms with Crippen LogP contribution < -0.4 is 4.90 Å². The van der Waals surface area contributed by atoms with Gasteiger partial charge in [-0.25, -0.2) is 0 Å². The van der Waals surface area contributed by atoms with Crippen molar-refractivity contribution in [3.05, 3.63) is 169 Å². The summed E-state index contributed by atoms with van der Waals surface area (Å²) >= 11 is 0. The summed E-state index contributed by atoms with van der Waals surface area (Å²) in [4.78, 5) is 2.40. The lowest BCUT2D eigenvalue weighted by atomic mass is 9.96. The minimum atomic E-state index is 0.905. The van der Waals surface area contributed by atoms with Crippen molar-refractivity contribution in [2.75, 3.05) is 4.90 Å². The van der Waals surface area contributed by atoms with E-state index in [1.165, 1.54) is 22.3 Å². The summed E-state index contributed by atoms with van der Waals surface area (Å²) in [5, 5.41) is 2.29. The van der Waals surface area contributed by atoms with E-state index >= 15 is 0 Å². The molecule has 1 heterocycles. The molecule has 0 fully saturated rings. The standard InChI is InChI=1S/C42H31NO/c1-3-13-30(14-4-1)32-17-11-19-35(27-32)43(40-23-9-7-21-37(40)31-15-5-2-6-16-31)36-20-12-18-33(28-36)34-25-26-39-38-22-8-10-24-41(38)44-42(39)29-34/h1-3,5-13,15-29H,4,14H2. The van der Waals surface area contributed by atoms with Gasteiger partial charge in [-0.2, -0.15) is 0 Å². The first-order valence-electron chi connectivity index (χ1n) is 15.2. The third-order valence-electron chi connectivity index (χ3n) is 8.54. The fourth-order valence-electron chi connectivity index (χ4n) is 6.38. The molecular formula is C42H31NO. The highest BCUT2D eigenvalue weighted by Crippen LogP contribution is 2.43. The molecule has 0 aliphatic heterocycles. The number of hydrogen-bond acceptors (Lipinski definition) is 2. The molecule has 1 aliphatic carbocycles. The molecule has 0 amide bonds. The Bertz CT molecular complexity index is 2180. The smallest absolute Gasteiger partial charge is 0.136 e. The Morgan fingerprint density at radius 1 is 0.500 bits per heavy atom. The SMILES string of the molecule is C1=CCCC(c2cccc(N(c3cccc(-c4ccc5c(c4)oc4ccccc45)c3)c3ccccc3-c3ccccc3)c2)=C1. The zero-order valence-corrected chi connectivity index (χ0v) is 24.4. The Morgan fingerprint density at radius 3 is 2.02 bits per heavy atom. The number of rotatable bonds is 6. The van der Waals surface area contributed by atoms with Crippen LogP contribution in [0.5, 0.6) is 0 Å². The van der Waals surface area contributed by atoms with Gasteiger partial charge in [0, 0.05) is 27.7 Å². The van der Waals surface area contributed by atoms with Crippen LogP contribution in [0, 0.1) is 0 Å². The number of benzene rings is 6. The van der Waals surface area contributed by atoms with E-state index in [0.717, 1.165) is 63.0 Å². The third kappa shape index (κ3) is 4.81. The van der Waals surface area contributed by atoms with E-state index in [1.807, 2.05) is 12.1 Å². The Labute approximate surface area is 257 Å². The molecule has 6 aromatic carbocycles. The van der Waals surface area contributed by atoms with Gasteiger partial charge in [-0.3, -0.25) is 0 Å². The number of anilines is 3. The molecule has 0 saturated carbocycles. The Hall–Kier alpha value is -5.60. The maximum atomic E-state index is 6.25. The van der Waals surface area contributed by atoms with Crippen LogP contribution in [-0.4, -0.2) is 0 Å². The fraction of sp³-hybridized carbons (Fsp3) is 0.0476. The van der Waals surface area contributed by atoms with Gasteiger partial charge in [0.05, 0.1) is 5.69 Å². The van der Waals surface area contributed by atoms with E-state index in [-0.39, 0.29) is 0 Å². The van der Waals surface area contributed by atoms with Crippen molar-refractivity contribution >= 4 is 44.6 Å². The van der Waals surface area contributed by atoms with Gasteiger partial charge in [0.15, 0.2) is 0 Å². The van der Waals surface area contributed by atoms with Gasteiger partial charge in [0.1, 0.15) is 11.2 Å². The predicted octanol–water partition coefficient (Wildman–Crippen LogP) is 12.1. The molecule has 8 rings (SSSR count). The number of furan rings is 1. The summed E-state index contributed by atoms with van der Waals surface area (Å²) in [6, 6.07) is 52.0. The summed E-state index contributed by atoms with van der Waals surface area (Å²) < 4.78 is 6.25. The van der Waals surface area contributed by atoms with Crippen molar-refractivity contribution in [2.24, 2.45) is 0 Å². The lowest BCUT2D eigenvalue weighted by Gasteiger charge is -2.29. The van der Waals surface area contributed by atoms with Gasteiger partial charge >= 0.3 is 0 Å². The maximum Gasteiger partial charge on any atom is 0.136 e. The molecule has 0 radical (unpaired) electrons. The van der Waals surface area contributed by atoms with Gasteiger partial charge in [-0.1, -0.05) is 115 Å². The van der Waals surface area contributed by atoms with Crippen molar-refractivity contribution in [1.82, 2.24) is 0 Å². The van der Waals surface area contributed by atoms with E-state index in [9.17, 15) is 0 Å². The molecular weight excluding hydrogens is 534 g/mol. The number of allylic oxidation sites excluding steroid dienone is 4. The van der Waals surface area contributed by atoms with Gasteiger partial charge in [0.25, 0.3) is 0 Å². The first-order valence-corrected chi connectivity index (χ1v) is 15.2. The Kier molecular flexibility index (Phi) is 6.66. The average Bonchev–Trinajstić information content (AvgIpc) is 3.48. The van der Waals surface area contributed by atoms with E-state index in [4.69, 9.17) is 4.42 Å². The molecule has 0 bridgehead atoms. The van der Waals surface area contributed by atoms with Crippen molar-refractivity contribution in [2.45, 2.75) is 12.8 Å². The lowest BCUT2D eigenvalue weighted by molar-refractivity contribution is 0.669.